The summed E-state index contributed by atoms with van der Waals surface area (Å²) >= 11 is 0. The molecule has 180 valence electrons. The number of hydrogen-bond acceptors (Lipinski definition) is 8. The Balaban J connectivity index is 1.50. The smallest absolute Gasteiger partial charge is 0.409 e. The van der Waals surface area contributed by atoms with Crippen molar-refractivity contribution in [2.45, 2.75) is 32.3 Å². The second-order valence-corrected chi connectivity index (χ2v) is 7.74. The van der Waals surface area contributed by atoms with Gasteiger partial charge in [0.1, 0.15) is 24.6 Å². The molecule has 0 radical (unpaired) electrons. The molecule has 0 saturated heterocycles. The van der Waals surface area contributed by atoms with Gasteiger partial charge in [-0.2, -0.15) is 0 Å². The third-order valence-corrected chi connectivity index (χ3v) is 5.25. The van der Waals surface area contributed by atoms with Crippen molar-refractivity contribution >= 4 is 29.0 Å². The highest BCUT2D eigenvalue weighted by Gasteiger charge is 2.22. The van der Waals surface area contributed by atoms with Crippen LogP contribution in [0, 0.1) is 0 Å². The number of amides is 1. The highest BCUT2D eigenvalue weighted by Crippen LogP contribution is 2.22. The molecular formula is C24H25N7O4. The van der Waals surface area contributed by atoms with Gasteiger partial charge in [0.2, 0.25) is 0 Å². The molecule has 1 atom stereocenters. The Morgan fingerprint density at radius 3 is 2.57 bits per heavy atom. The number of ether oxygens (including phenoxy) is 1. The molecule has 1 unspecified atom stereocenters. The first-order chi connectivity index (χ1) is 17.0. The van der Waals surface area contributed by atoms with Gasteiger partial charge in [0.15, 0.2) is 11.5 Å². The lowest BCUT2D eigenvalue weighted by molar-refractivity contribution is -0.138. The Labute approximate surface area is 201 Å². The normalized spacial score (nSPS) is 11.7. The van der Waals surface area contributed by atoms with Crippen LogP contribution in [0.5, 0.6) is 0 Å². The minimum absolute atomic E-state index is 0.0543. The van der Waals surface area contributed by atoms with Gasteiger partial charge < -0.3 is 26.2 Å². The van der Waals surface area contributed by atoms with E-state index in [4.69, 9.17) is 10.5 Å². The van der Waals surface area contributed by atoms with Gasteiger partial charge in [-0.25, -0.2) is 19.7 Å². The van der Waals surface area contributed by atoms with E-state index in [2.05, 4.69) is 25.6 Å². The lowest BCUT2D eigenvalue weighted by atomic mass is 10.1. The number of fused-ring (bicyclic) bond motifs is 1. The molecule has 4 aromatic rings. The van der Waals surface area contributed by atoms with Gasteiger partial charge in [0.25, 0.3) is 0 Å². The van der Waals surface area contributed by atoms with Gasteiger partial charge >= 0.3 is 12.1 Å². The van der Waals surface area contributed by atoms with E-state index in [9.17, 15) is 14.7 Å². The van der Waals surface area contributed by atoms with Crippen LogP contribution in [-0.2, 0) is 29.2 Å². The fourth-order valence-corrected chi connectivity index (χ4v) is 3.55. The van der Waals surface area contributed by atoms with Crippen LogP contribution < -0.4 is 16.4 Å². The third-order valence-electron chi connectivity index (χ3n) is 5.25. The summed E-state index contributed by atoms with van der Waals surface area (Å²) in [5.74, 6) is -0.625. The highest BCUT2D eigenvalue weighted by atomic mass is 16.5. The molecule has 0 spiro atoms. The number of imidazole rings is 1. The fraction of sp³-hybridized carbons (Fsp3) is 0.208. The van der Waals surface area contributed by atoms with Crippen molar-refractivity contribution < 1.29 is 19.4 Å². The van der Waals surface area contributed by atoms with Gasteiger partial charge in [0, 0.05) is 13.1 Å². The summed E-state index contributed by atoms with van der Waals surface area (Å²) in [5, 5.41) is 15.2. The van der Waals surface area contributed by atoms with Gasteiger partial charge in [-0.3, -0.25) is 9.36 Å². The number of carbonyl (C=O) groups excluding carboxylic acids is 1. The van der Waals surface area contributed by atoms with Crippen LogP contribution in [0.3, 0.4) is 0 Å². The van der Waals surface area contributed by atoms with Crippen molar-refractivity contribution in [3.8, 4) is 0 Å². The van der Waals surface area contributed by atoms with Gasteiger partial charge in [0.05, 0.1) is 12.7 Å². The average molecular weight is 476 g/mol. The van der Waals surface area contributed by atoms with E-state index in [1.165, 1.54) is 17.2 Å². The summed E-state index contributed by atoms with van der Waals surface area (Å²) in [6.45, 7) is 0.982. The van der Waals surface area contributed by atoms with Crippen LogP contribution >= 0.6 is 0 Å². The van der Waals surface area contributed by atoms with Gasteiger partial charge in [-0.1, -0.05) is 54.6 Å². The number of rotatable bonds is 10. The number of carbonyl (C=O) groups is 2. The standard InChI is InChI=1S/C24H25N7O4/c25-11-17-7-4-8-18(9-17)12-26-22-21-23(28-14-27-22)31(15-29-21)19(10-20(32)33)30-24(34)35-13-16-5-2-1-3-6-16/h1-9,14-15,19H,10-13,25H2,(H,30,34)(H,32,33)(H,26,27,28). The topological polar surface area (TPSA) is 157 Å². The van der Waals surface area contributed by atoms with Crippen molar-refractivity contribution in [3.05, 3.63) is 83.9 Å². The third kappa shape index (κ3) is 6.09. The Bertz CT molecular complexity index is 1310. The van der Waals surface area contributed by atoms with Crippen LogP contribution in [0.4, 0.5) is 10.6 Å². The number of nitrogens with zero attached hydrogens (tertiary/aromatic N) is 4. The number of aliphatic carboxylic acids is 1. The quantitative estimate of drug-likeness (QED) is 0.271. The first kappa shape index (κ1) is 23.6. The second kappa shape index (κ2) is 11.1. The zero-order chi connectivity index (χ0) is 24.6. The maximum atomic E-state index is 12.4. The largest absolute Gasteiger partial charge is 0.481 e. The van der Waals surface area contributed by atoms with E-state index >= 15 is 0 Å². The van der Waals surface area contributed by atoms with Crippen LogP contribution in [0.15, 0.2) is 67.3 Å². The number of hydrogen-bond donors (Lipinski definition) is 4. The summed E-state index contributed by atoms with van der Waals surface area (Å²) in [5.41, 5.74) is 9.37. The lowest BCUT2D eigenvalue weighted by Crippen LogP contribution is -2.34. The Kier molecular flexibility index (Phi) is 7.48. The molecule has 0 aliphatic heterocycles. The molecule has 0 aliphatic rings. The van der Waals surface area contributed by atoms with Crippen molar-refractivity contribution in [3.63, 3.8) is 0 Å². The molecular weight excluding hydrogens is 450 g/mol. The zero-order valence-electron chi connectivity index (χ0n) is 18.8. The number of carboxylic acids is 1. The minimum Gasteiger partial charge on any atom is -0.481 e. The van der Waals surface area contributed by atoms with Crippen LogP contribution in [0.1, 0.15) is 29.3 Å². The van der Waals surface area contributed by atoms with E-state index in [1.54, 1.807) is 0 Å². The molecule has 0 aliphatic carbocycles. The fourth-order valence-electron chi connectivity index (χ4n) is 3.55. The summed E-state index contributed by atoms with van der Waals surface area (Å²) < 4.78 is 6.73. The van der Waals surface area contributed by atoms with Crippen molar-refractivity contribution in [2.24, 2.45) is 5.73 Å². The van der Waals surface area contributed by atoms with Crippen molar-refractivity contribution in [1.29, 1.82) is 0 Å². The number of anilines is 1. The number of carboxylic acid groups (broad SMARTS) is 1. The summed E-state index contributed by atoms with van der Waals surface area (Å²) in [6, 6.07) is 17.0. The van der Waals surface area contributed by atoms with E-state index < -0.39 is 24.6 Å². The van der Waals surface area contributed by atoms with Gasteiger partial charge in [-0.15, -0.1) is 0 Å². The maximum Gasteiger partial charge on any atom is 0.409 e. The zero-order valence-corrected chi connectivity index (χ0v) is 18.8. The van der Waals surface area contributed by atoms with Crippen molar-refractivity contribution in [2.75, 3.05) is 5.32 Å². The molecule has 35 heavy (non-hydrogen) atoms. The molecule has 2 aromatic carbocycles. The number of alkyl carbamates (subject to hydrolysis) is 1. The predicted molar refractivity (Wildman–Crippen MR) is 128 cm³/mol. The van der Waals surface area contributed by atoms with Crippen LogP contribution in [-0.4, -0.2) is 36.7 Å². The molecule has 5 N–H and O–H groups in total. The molecule has 0 bridgehead atoms. The Morgan fingerprint density at radius 1 is 1.03 bits per heavy atom. The van der Waals surface area contributed by atoms with Crippen molar-refractivity contribution in [1.82, 2.24) is 24.8 Å². The number of benzene rings is 2. The van der Waals surface area contributed by atoms with E-state index in [0.29, 0.717) is 30.1 Å². The SMILES string of the molecule is NCc1cccc(CNc2ncnc3c2ncn3C(CC(=O)O)NC(=O)OCc2ccccc2)c1. The monoisotopic (exact) mass is 475 g/mol. The van der Waals surface area contributed by atoms with Crippen LogP contribution in [0.25, 0.3) is 11.2 Å². The first-order valence-electron chi connectivity index (χ1n) is 10.9. The number of aromatic nitrogens is 4. The van der Waals surface area contributed by atoms with E-state index in [0.717, 1.165) is 16.7 Å². The van der Waals surface area contributed by atoms with Crippen LogP contribution in [0.2, 0.25) is 0 Å². The Hall–Kier alpha value is -4.51. The second-order valence-electron chi connectivity index (χ2n) is 7.74. The summed E-state index contributed by atoms with van der Waals surface area (Å²) in [4.78, 5) is 36.8. The lowest BCUT2D eigenvalue weighted by Gasteiger charge is -2.18. The minimum atomic E-state index is -1.10. The molecule has 2 aromatic heterocycles. The number of nitrogens with two attached hydrogens (primary N) is 1. The molecule has 0 saturated carbocycles. The van der Waals surface area contributed by atoms with E-state index in [1.807, 2.05) is 54.6 Å². The molecule has 1 amide bonds. The Morgan fingerprint density at radius 2 is 1.80 bits per heavy atom. The maximum absolute atomic E-state index is 12.4. The molecule has 11 nitrogen and oxygen atoms in total. The van der Waals surface area contributed by atoms with E-state index in [-0.39, 0.29) is 6.61 Å². The summed E-state index contributed by atoms with van der Waals surface area (Å²) in [7, 11) is 0. The predicted octanol–water partition coefficient (Wildman–Crippen LogP) is 2.80. The molecule has 0 fully saturated rings. The first-order valence-corrected chi connectivity index (χ1v) is 10.9. The molecule has 4 rings (SSSR count). The summed E-state index contributed by atoms with van der Waals surface area (Å²) in [6.07, 6.45) is 0.652. The average Bonchev–Trinajstić information content (AvgIpc) is 3.31. The molecule has 11 heteroatoms. The molecule has 2 heterocycles. The highest BCUT2D eigenvalue weighted by molar-refractivity contribution is 5.83. The number of nitrogens with one attached hydrogen (secondary N) is 2. The van der Waals surface area contributed by atoms with Gasteiger partial charge in [-0.05, 0) is 16.7 Å².